The van der Waals surface area contributed by atoms with Gasteiger partial charge in [-0.25, -0.2) is 19.6 Å². The van der Waals surface area contributed by atoms with Crippen molar-refractivity contribution in [3.8, 4) is 0 Å². The maximum Gasteiger partial charge on any atom is 0.407 e. The summed E-state index contributed by atoms with van der Waals surface area (Å²) in [5.74, 6) is -0.404. The molecule has 0 unspecified atom stereocenters. The number of likely N-dealkylation sites (N-methyl/N-ethyl adjacent to an activating group) is 1. The minimum Gasteiger partial charge on any atom is -0.462 e. The van der Waals surface area contributed by atoms with E-state index in [1.807, 2.05) is 14.0 Å². The number of carbonyl (C=O) groups excluding carboxylic acids is 3. The van der Waals surface area contributed by atoms with E-state index in [2.05, 4.69) is 25.6 Å². The van der Waals surface area contributed by atoms with Crippen molar-refractivity contribution in [2.24, 2.45) is 0 Å². The van der Waals surface area contributed by atoms with Crippen molar-refractivity contribution in [3.05, 3.63) is 34.9 Å². The van der Waals surface area contributed by atoms with Gasteiger partial charge in [-0.3, -0.25) is 4.79 Å². The van der Waals surface area contributed by atoms with Crippen LogP contribution in [-0.2, 0) is 19.0 Å². The molecular weight excluding hydrogens is 480 g/mol. The highest BCUT2D eigenvalue weighted by Gasteiger charge is 2.28. The Kier molecular flexibility index (Phi) is 8.87. The van der Waals surface area contributed by atoms with Gasteiger partial charge in [-0.1, -0.05) is 0 Å². The number of aromatic amines is 1. The van der Waals surface area contributed by atoms with E-state index >= 15 is 0 Å². The zero-order valence-electron chi connectivity index (χ0n) is 22.1. The minimum atomic E-state index is -0.553. The van der Waals surface area contributed by atoms with Crippen molar-refractivity contribution in [2.45, 2.75) is 40.2 Å². The van der Waals surface area contributed by atoms with Gasteiger partial charge in [-0.05, 0) is 46.8 Å². The number of nitrogens with zero attached hydrogens (tertiary/aromatic N) is 3. The number of alkyl carbamates (subject to hydrolysis) is 1. The van der Waals surface area contributed by atoms with Gasteiger partial charge in [0.15, 0.2) is 0 Å². The SMILES string of the molecule is CCOC(=O)c1cc(C)[nH]c1/C=C1\C(=O)Nc2cnc(N(C)CCOCCNC(=O)OC(C)(C)C)nc21. The normalized spacial score (nSPS) is 13.8. The molecule has 12 nitrogen and oxygen atoms in total. The average Bonchev–Trinajstić information content (AvgIpc) is 3.33. The number of aromatic nitrogens is 3. The molecule has 0 bridgehead atoms. The Morgan fingerprint density at radius 1 is 1.24 bits per heavy atom. The molecule has 0 atom stereocenters. The molecule has 1 aliphatic heterocycles. The minimum absolute atomic E-state index is 0.245. The second-order valence-corrected chi connectivity index (χ2v) is 9.41. The van der Waals surface area contributed by atoms with Crippen molar-refractivity contribution < 1.29 is 28.6 Å². The largest absolute Gasteiger partial charge is 0.462 e. The number of hydrogen-bond donors (Lipinski definition) is 3. The van der Waals surface area contributed by atoms with Crippen LogP contribution in [0, 0.1) is 6.92 Å². The highest BCUT2D eigenvalue weighted by Crippen LogP contribution is 2.32. The summed E-state index contributed by atoms with van der Waals surface area (Å²) in [5.41, 5.74) is 2.25. The molecule has 200 valence electrons. The van der Waals surface area contributed by atoms with Gasteiger partial charge in [-0.2, -0.15) is 0 Å². The molecule has 3 N–H and O–H groups in total. The van der Waals surface area contributed by atoms with Crippen LogP contribution in [0.5, 0.6) is 0 Å². The molecular formula is C25H34N6O6. The molecule has 0 spiro atoms. The van der Waals surface area contributed by atoms with Crippen LogP contribution in [0.4, 0.5) is 16.4 Å². The topological polar surface area (TPSA) is 148 Å². The molecule has 0 aromatic carbocycles. The smallest absolute Gasteiger partial charge is 0.407 e. The molecule has 3 heterocycles. The van der Waals surface area contributed by atoms with Crippen LogP contribution in [0.15, 0.2) is 12.3 Å². The number of rotatable bonds is 10. The number of ether oxygens (including phenoxy) is 3. The number of esters is 1. The first-order valence-electron chi connectivity index (χ1n) is 12.0. The van der Waals surface area contributed by atoms with Crippen molar-refractivity contribution >= 4 is 41.3 Å². The third kappa shape index (κ3) is 7.53. The molecule has 0 fully saturated rings. The predicted octanol–water partition coefficient (Wildman–Crippen LogP) is 2.76. The molecule has 2 aromatic rings. The molecule has 0 aliphatic carbocycles. The van der Waals surface area contributed by atoms with E-state index in [1.54, 1.807) is 50.9 Å². The summed E-state index contributed by atoms with van der Waals surface area (Å²) in [4.78, 5) is 50.5. The maximum absolute atomic E-state index is 12.7. The summed E-state index contributed by atoms with van der Waals surface area (Å²) >= 11 is 0. The lowest BCUT2D eigenvalue weighted by Gasteiger charge is -2.20. The number of H-pyrrole nitrogens is 1. The summed E-state index contributed by atoms with van der Waals surface area (Å²) in [6.45, 7) is 10.7. The van der Waals surface area contributed by atoms with E-state index in [0.29, 0.717) is 60.5 Å². The van der Waals surface area contributed by atoms with Crippen LogP contribution in [0.25, 0.3) is 11.6 Å². The third-order valence-corrected chi connectivity index (χ3v) is 5.12. The Morgan fingerprint density at radius 3 is 2.70 bits per heavy atom. The van der Waals surface area contributed by atoms with Gasteiger partial charge in [0.1, 0.15) is 11.3 Å². The van der Waals surface area contributed by atoms with E-state index in [4.69, 9.17) is 14.2 Å². The lowest BCUT2D eigenvalue weighted by Crippen LogP contribution is -2.34. The van der Waals surface area contributed by atoms with E-state index < -0.39 is 17.7 Å². The van der Waals surface area contributed by atoms with Gasteiger partial charge < -0.3 is 34.7 Å². The number of fused-ring (bicyclic) bond motifs is 1. The Balaban J connectivity index is 1.62. The number of anilines is 2. The first-order valence-corrected chi connectivity index (χ1v) is 12.0. The van der Waals surface area contributed by atoms with Crippen molar-refractivity contribution in [3.63, 3.8) is 0 Å². The summed E-state index contributed by atoms with van der Waals surface area (Å²) < 4.78 is 15.9. The van der Waals surface area contributed by atoms with E-state index in [-0.39, 0.29) is 12.5 Å². The Hall–Kier alpha value is -3.93. The van der Waals surface area contributed by atoms with Crippen molar-refractivity contribution in [2.75, 3.05) is 50.2 Å². The Labute approximate surface area is 215 Å². The number of carbonyl (C=O) groups is 3. The maximum atomic E-state index is 12.7. The molecule has 1 aliphatic rings. The number of aryl methyl sites for hydroxylation is 1. The van der Waals surface area contributed by atoms with Gasteiger partial charge in [0.05, 0.1) is 48.5 Å². The zero-order chi connectivity index (χ0) is 27.2. The molecule has 2 amide bonds. The quantitative estimate of drug-likeness (QED) is 0.247. The van der Waals surface area contributed by atoms with Crippen molar-refractivity contribution in [1.29, 1.82) is 0 Å². The molecule has 0 saturated heterocycles. The Bertz CT molecular complexity index is 1180. The molecule has 3 rings (SSSR count). The van der Waals surface area contributed by atoms with E-state index in [0.717, 1.165) is 5.69 Å². The number of amides is 2. The molecule has 2 aromatic heterocycles. The first-order chi connectivity index (χ1) is 17.5. The highest BCUT2D eigenvalue weighted by molar-refractivity contribution is 6.34. The van der Waals surface area contributed by atoms with Crippen LogP contribution < -0.4 is 15.5 Å². The van der Waals surface area contributed by atoms with Gasteiger partial charge in [-0.15, -0.1) is 0 Å². The summed E-state index contributed by atoms with van der Waals surface area (Å²) in [6, 6.07) is 1.68. The first kappa shape index (κ1) is 27.7. The highest BCUT2D eigenvalue weighted by atomic mass is 16.6. The average molecular weight is 515 g/mol. The monoisotopic (exact) mass is 514 g/mol. The van der Waals surface area contributed by atoms with E-state index in [1.165, 1.54) is 0 Å². The second kappa shape index (κ2) is 11.9. The third-order valence-electron chi connectivity index (χ3n) is 5.12. The molecule has 0 saturated carbocycles. The Morgan fingerprint density at radius 2 is 2.00 bits per heavy atom. The van der Waals surface area contributed by atoms with Gasteiger partial charge in [0.25, 0.3) is 5.91 Å². The van der Waals surface area contributed by atoms with Crippen LogP contribution in [0.2, 0.25) is 0 Å². The van der Waals surface area contributed by atoms with Gasteiger partial charge >= 0.3 is 12.1 Å². The van der Waals surface area contributed by atoms with Gasteiger partial charge in [0.2, 0.25) is 5.95 Å². The zero-order valence-corrected chi connectivity index (χ0v) is 22.1. The molecule has 12 heteroatoms. The molecule has 0 radical (unpaired) electrons. The van der Waals surface area contributed by atoms with Crippen LogP contribution in [-0.4, -0.2) is 78.5 Å². The standard InChI is InChI=1S/C25H34N6O6/c1-7-36-22(33)16-12-15(2)28-18(16)13-17-20-19(29-21(17)32)14-27-23(30-20)31(6)9-11-35-10-8-26-24(34)37-25(3,4)5/h12-14,28H,7-11H2,1-6H3,(H,26,34)(H,29,32)/b17-13-. The van der Waals surface area contributed by atoms with Crippen LogP contribution in [0.3, 0.4) is 0 Å². The summed E-state index contributed by atoms with van der Waals surface area (Å²) in [5, 5.41) is 5.39. The van der Waals surface area contributed by atoms with E-state index in [9.17, 15) is 14.4 Å². The number of hydrogen-bond acceptors (Lipinski definition) is 9. The second-order valence-electron chi connectivity index (χ2n) is 9.41. The van der Waals surface area contributed by atoms with Gasteiger partial charge in [0, 0.05) is 25.8 Å². The lowest BCUT2D eigenvalue weighted by molar-refractivity contribution is -0.110. The predicted molar refractivity (Wildman–Crippen MR) is 138 cm³/mol. The summed E-state index contributed by atoms with van der Waals surface area (Å²) in [7, 11) is 1.81. The molecule has 37 heavy (non-hydrogen) atoms. The fraction of sp³-hybridized carbons (Fsp3) is 0.480. The van der Waals surface area contributed by atoms with Crippen LogP contribution >= 0.6 is 0 Å². The van der Waals surface area contributed by atoms with Crippen molar-refractivity contribution in [1.82, 2.24) is 20.3 Å². The fourth-order valence-corrected chi connectivity index (χ4v) is 3.47. The van der Waals surface area contributed by atoms with Crippen LogP contribution in [0.1, 0.15) is 55.1 Å². The lowest BCUT2D eigenvalue weighted by atomic mass is 10.1. The summed E-state index contributed by atoms with van der Waals surface area (Å²) in [6.07, 6.45) is 2.65. The number of nitrogens with one attached hydrogen (secondary N) is 3. The fourth-order valence-electron chi connectivity index (χ4n) is 3.47.